The van der Waals surface area contributed by atoms with Gasteiger partial charge >= 0.3 is 0 Å². The molecule has 1 amide bonds. The number of benzene rings is 2. The lowest BCUT2D eigenvalue weighted by Gasteiger charge is -2.32. The molecular weight excluding hydrogens is 350 g/mol. The third kappa shape index (κ3) is 3.58. The summed E-state index contributed by atoms with van der Waals surface area (Å²) in [5, 5.41) is 3.18. The average molecular weight is 374 g/mol. The molecule has 0 spiro atoms. The molecule has 6 heteroatoms. The number of nitrogens with two attached hydrogens (primary N) is 1. The monoisotopic (exact) mass is 373 g/mol. The number of para-hydroxylation sites is 1. The van der Waals surface area contributed by atoms with Gasteiger partial charge in [0.25, 0.3) is 0 Å². The number of hydrogen-bond acceptors (Lipinski definition) is 4. The molecule has 5 nitrogen and oxygen atoms in total. The number of nitrogens with zero attached hydrogens (tertiary/aromatic N) is 1. The fraction of sp³-hybridized carbons (Fsp3) is 0.350. The molecule has 0 aliphatic carbocycles. The molecule has 2 aromatic rings. The number of ether oxygens (including phenoxy) is 1. The molecule has 2 aromatic carbocycles. The largest absolute Gasteiger partial charge is 0.493 e. The Morgan fingerprint density at radius 2 is 2.08 bits per heavy atom. The van der Waals surface area contributed by atoms with Gasteiger partial charge in [-0.2, -0.15) is 0 Å². The second-order valence-electron chi connectivity index (χ2n) is 6.67. The van der Waals surface area contributed by atoms with E-state index in [4.69, 9.17) is 10.5 Å². The van der Waals surface area contributed by atoms with Gasteiger partial charge in [0.1, 0.15) is 5.75 Å². The van der Waals surface area contributed by atoms with E-state index in [1.165, 1.54) is 0 Å². The van der Waals surface area contributed by atoms with Gasteiger partial charge in [-0.25, -0.2) is 0 Å². The maximum atomic E-state index is 12.7. The highest BCUT2D eigenvalue weighted by molar-refractivity contribution is 5.85. The van der Waals surface area contributed by atoms with E-state index in [1.54, 1.807) is 0 Å². The summed E-state index contributed by atoms with van der Waals surface area (Å²) < 4.78 is 5.67. The van der Waals surface area contributed by atoms with Crippen LogP contribution >= 0.6 is 12.4 Å². The van der Waals surface area contributed by atoms with Crippen LogP contribution in [-0.4, -0.2) is 25.6 Å². The van der Waals surface area contributed by atoms with Gasteiger partial charge in [0.05, 0.1) is 19.2 Å². The van der Waals surface area contributed by atoms with Gasteiger partial charge in [-0.05, 0) is 36.6 Å². The lowest BCUT2D eigenvalue weighted by molar-refractivity contribution is -0.120. The van der Waals surface area contributed by atoms with Crippen molar-refractivity contribution in [3.63, 3.8) is 0 Å². The Morgan fingerprint density at radius 1 is 1.23 bits per heavy atom. The van der Waals surface area contributed by atoms with E-state index >= 15 is 0 Å². The second kappa shape index (κ2) is 7.87. The van der Waals surface area contributed by atoms with Crippen LogP contribution in [0.2, 0.25) is 0 Å². The lowest BCUT2D eigenvalue weighted by atomic mass is 9.99. The third-order valence-electron chi connectivity index (χ3n) is 5.01. The third-order valence-corrected chi connectivity index (χ3v) is 5.01. The zero-order valence-electron chi connectivity index (χ0n) is 14.6. The summed E-state index contributed by atoms with van der Waals surface area (Å²) >= 11 is 0. The van der Waals surface area contributed by atoms with E-state index in [9.17, 15) is 4.79 Å². The molecule has 4 rings (SSSR count). The first-order valence-corrected chi connectivity index (χ1v) is 8.86. The summed E-state index contributed by atoms with van der Waals surface area (Å²) in [6, 6.07) is 13.9. The van der Waals surface area contributed by atoms with Crippen LogP contribution in [0.4, 0.5) is 11.4 Å². The Balaban J connectivity index is 0.00000196. The fourth-order valence-electron chi connectivity index (χ4n) is 3.80. The van der Waals surface area contributed by atoms with Crippen molar-refractivity contribution in [1.29, 1.82) is 0 Å². The SMILES string of the molecule is Cl.Nc1cccc2c1CCCN2CC(=O)NC1CCOc2ccccc21. The van der Waals surface area contributed by atoms with Crippen molar-refractivity contribution in [1.82, 2.24) is 5.32 Å². The fourth-order valence-corrected chi connectivity index (χ4v) is 3.80. The van der Waals surface area contributed by atoms with E-state index in [2.05, 4.69) is 16.3 Å². The summed E-state index contributed by atoms with van der Waals surface area (Å²) in [7, 11) is 0. The Labute approximate surface area is 159 Å². The Hall–Kier alpha value is -2.40. The van der Waals surface area contributed by atoms with Gasteiger partial charge in [0, 0.05) is 29.9 Å². The highest BCUT2D eigenvalue weighted by Crippen LogP contribution is 2.33. The van der Waals surface area contributed by atoms with Crippen molar-refractivity contribution >= 4 is 29.7 Å². The van der Waals surface area contributed by atoms with E-state index in [1.807, 2.05) is 36.4 Å². The summed E-state index contributed by atoms with van der Waals surface area (Å²) in [5.74, 6) is 0.909. The van der Waals surface area contributed by atoms with E-state index in [-0.39, 0.29) is 24.4 Å². The summed E-state index contributed by atoms with van der Waals surface area (Å²) in [6.45, 7) is 1.87. The molecule has 0 radical (unpaired) electrons. The number of rotatable bonds is 3. The molecule has 1 unspecified atom stereocenters. The predicted molar refractivity (Wildman–Crippen MR) is 106 cm³/mol. The molecule has 3 N–H and O–H groups in total. The maximum absolute atomic E-state index is 12.7. The summed E-state index contributed by atoms with van der Waals surface area (Å²) in [6.07, 6.45) is 2.80. The summed E-state index contributed by atoms with van der Waals surface area (Å²) in [5.41, 5.74) is 10.2. The molecule has 0 saturated heterocycles. The van der Waals surface area contributed by atoms with E-state index in [0.717, 1.165) is 54.1 Å². The zero-order chi connectivity index (χ0) is 17.2. The molecule has 1 atom stereocenters. The quantitative estimate of drug-likeness (QED) is 0.811. The van der Waals surface area contributed by atoms with Gasteiger partial charge in [0.2, 0.25) is 5.91 Å². The molecule has 0 fully saturated rings. The minimum atomic E-state index is 0. The second-order valence-corrected chi connectivity index (χ2v) is 6.67. The van der Waals surface area contributed by atoms with Gasteiger partial charge in [-0.1, -0.05) is 24.3 Å². The van der Waals surface area contributed by atoms with Gasteiger partial charge in [0.15, 0.2) is 0 Å². The Bertz CT molecular complexity index is 796. The molecule has 2 aliphatic rings. The minimum Gasteiger partial charge on any atom is -0.493 e. The molecule has 138 valence electrons. The van der Waals surface area contributed by atoms with Crippen LogP contribution in [0.3, 0.4) is 0 Å². The molecule has 2 heterocycles. The Morgan fingerprint density at radius 3 is 2.96 bits per heavy atom. The molecular formula is C20H24ClN3O2. The van der Waals surface area contributed by atoms with Crippen molar-refractivity contribution < 1.29 is 9.53 Å². The van der Waals surface area contributed by atoms with Crippen LogP contribution in [0.15, 0.2) is 42.5 Å². The lowest BCUT2D eigenvalue weighted by Crippen LogP contribution is -2.42. The first kappa shape index (κ1) is 18.4. The van der Waals surface area contributed by atoms with Crippen molar-refractivity contribution in [3.8, 4) is 5.75 Å². The predicted octanol–water partition coefficient (Wildman–Crippen LogP) is 3.08. The first-order chi connectivity index (χ1) is 12.2. The Kier molecular flexibility index (Phi) is 5.57. The number of nitrogens with one attached hydrogen (secondary N) is 1. The van der Waals surface area contributed by atoms with Crippen molar-refractivity contribution in [2.24, 2.45) is 0 Å². The average Bonchev–Trinajstić information content (AvgIpc) is 2.63. The van der Waals surface area contributed by atoms with Crippen LogP contribution in [0.25, 0.3) is 0 Å². The van der Waals surface area contributed by atoms with Crippen LogP contribution < -0.4 is 20.7 Å². The topological polar surface area (TPSA) is 67.6 Å². The molecule has 2 aliphatic heterocycles. The van der Waals surface area contributed by atoms with Crippen LogP contribution in [0, 0.1) is 0 Å². The minimum absolute atomic E-state index is 0. The van der Waals surface area contributed by atoms with Gasteiger partial charge < -0.3 is 20.7 Å². The van der Waals surface area contributed by atoms with Crippen LogP contribution in [0.1, 0.15) is 30.0 Å². The highest BCUT2D eigenvalue weighted by atomic mass is 35.5. The first-order valence-electron chi connectivity index (χ1n) is 8.86. The molecule has 0 bridgehead atoms. The number of amides is 1. The number of nitrogen functional groups attached to an aromatic ring is 1. The number of fused-ring (bicyclic) bond motifs is 2. The molecule has 0 saturated carbocycles. The normalized spacial score (nSPS) is 18.0. The van der Waals surface area contributed by atoms with Crippen molar-refractivity contribution in [3.05, 3.63) is 53.6 Å². The van der Waals surface area contributed by atoms with Gasteiger partial charge in [-0.3, -0.25) is 4.79 Å². The van der Waals surface area contributed by atoms with Gasteiger partial charge in [-0.15, -0.1) is 12.4 Å². The number of carbonyl (C=O) groups is 1. The zero-order valence-corrected chi connectivity index (χ0v) is 15.4. The number of hydrogen-bond donors (Lipinski definition) is 2. The molecule has 26 heavy (non-hydrogen) atoms. The van der Waals surface area contributed by atoms with Crippen LogP contribution in [-0.2, 0) is 11.2 Å². The smallest absolute Gasteiger partial charge is 0.240 e. The molecule has 0 aromatic heterocycles. The summed E-state index contributed by atoms with van der Waals surface area (Å²) in [4.78, 5) is 14.8. The van der Waals surface area contributed by atoms with Crippen molar-refractivity contribution in [2.45, 2.75) is 25.3 Å². The van der Waals surface area contributed by atoms with E-state index in [0.29, 0.717) is 13.2 Å². The number of anilines is 2. The van der Waals surface area contributed by atoms with Crippen LogP contribution in [0.5, 0.6) is 5.75 Å². The standard InChI is InChI=1S/C20H23N3O2.ClH/c21-16-7-3-8-18-14(16)6-4-11-23(18)13-20(24)22-17-10-12-25-19-9-2-1-5-15(17)19;/h1-3,5,7-9,17H,4,6,10-13,21H2,(H,22,24);1H. The highest BCUT2D eigenvalue weighted by Gasteiger charge is 2.25. The number of halogens is 1. The maximum Gasteiger partial charge on any atom is 0.240 e. The number of carbonyl (C=O) groups excluding carboxylic acids is 1. The van der Waals surface area contributed by atoms with E-state index < -0.39 is 0 Å². The van der Waals surface area contributed by atoms with Crippen molar-refractivity contribution in [2.75, 3.05) is 30.3 Å².